The molecule has 0 saturated carbocycles. The summed E-state index contributed by atoms with van der Waals surface area (Å²) in [5.74, 6) is 0.358. The lowest BCUT2D eigenvalue weighted by Gasteiger charge is -2.37. The second-order valence-electron chi connectivity index (χ2n) is 6.22. The van der Waals surface area contributed by atoms with E-state index in [4.69, 9.17) is 4.74 Å². The highest BCUT2D eigenvalue weighted by Crippen LogP contribution is 2.27. The Bertz CT molecular complexity index is 491. The van der Waals surface area contributed by atoms with Crippen molar-refractivity contribution in [3.63, 3.8) is 0 Å². The molecule has 1 N–H and O–H groups in total. The monoisotopic (exact) mass is 276 g/mol. The highest BCUT2D eigenvalue weighted by Gasteiger charge is 2.32. The first-order chi connectivity index (χ1) is 9.40. The first kappa shape index (κ1) is 15.0. The highest BCUT2D eigenvalue weighted by molar-refractivity contribution is 5.93. The Balaban J connectivity index is 2.07. The molecule has 0 aliphatic carbocycles. The van der Waals surface area contributed by atoms with E-state index in [0.29, 0.717) is 11.6 Å². The average Bonchev–Trinajstić information content (AvgIpc) is 2.42. The number of carbonyl (C=O) groups excluding carboxylic acids is 1. The van der Waals surface area contributed by atoms with Crippen molar-refractivity contribution < 1.29 is 9.53 Å². The Hall–Kier alpha value is -1.42. The zero-order valence-corrected chi connectivity index (χ0v) is 12.8. The summed E-state index contributed by atoms with van der Waals surface area (Å²) >= 11 is 0. The Morgan fingerprint density at radius 2 is 1.95 bits per heavy atom. The van der Waals surface area contributed by atoms with E-state index in [2.05, 4.69) is 24.1 Å². The fourth-order valence-electron chi connectivity index (χ4n) is 2.63. The van der Waals surface area contributed by atoms with Gasteiger partial charge in [0.2, 0.25) is 0 Å². The van der Waals surface area contributed by atoms with Crippen LogP contribution in [0, 0.1) is 19.8 Å². The molecule has 2 rings (SSSR count). The van der Waals surface area contributed by atoms with Gasteiger partial charge in [-0.25, -0.2) is 0 Å². The van der Waals surface area contributed by atoms with Crippen LogP contribution in [0.4, 0.5) is 0 Å². The molecule has 1 amide bonds. The predicted molar refractivity (Wildman–Crippen MR) is 78.8 cm³/mol. The molecule has 0 unspecified atom stereocenters. The zero-order chi connectivity index (χ0) is 14.8. The molecule has 110 valence electrons. The van der Waals surface area contributed by atoms with E-state index >= 15 is 0 Å². The SMILES string of the molecule is Cc1cnc(C(=O)NC(C)(C)C2CCOCC2)cc1C. The van der Waals surface area contributed by atoms with Gasteiger partial charge in [0.25, 0.3) is 5.91 Å². The number of hydrogen-bond donors (Lipinski definition) is 1. The van der Waals surface area contributed by atoms with Gasteiger partial charge in [-0.2, -0.15) is 0 Å². The second-order valence-corrected chi connectivity index (χ2v) is 6.22. The van der Waals surface area contributed by atoms with Crippen LogP contribution in [0.1, 0.15) is 48.3 Å². The topological polar surface area (TPSA) is 51.2 Å². The molecule has 1 aliphatic rings. The van der Waals surface area contributed by atoms with Gasteiger partial charge >= 0.3 is 0 Å². The van der Waals surface area contributed by atoms with Gasteiger partial charge in [0.15, 0.2) is 0 Å². The van der Waals surface area contributed by atoms with Crippen molar-refractivity contribution in [1.29, 1.82) is 0 Å². The van der Waals surface area contributed by atoms with E-state index in [1.807, 2.05) is 19.9 Å². The molecule has 1 fully saturated rings. The molecule has 4 nitrogen and oxygen atoms in total. The minimum absolute atomic E-state index is 0.0930. The lowest BCUT2D eigenvalue weighted by atomic mass is 9.81. The summed E-state index contributed by atoms with van der Waals surface area (Å²) in [7, 11) is 0. The van der Waals surface area contributed by atoms with Gasteiger partial charge in [-0.05, 0) is 63.6 Å². The van der Waals surface area contributed by atoms with Crippen LogP contribution in [0.2, 0.25) is 0 Å². The number of amides is 1. The number of carbonyl (C=O) groups is 1. The van der Waals surface area contributed by atoms with Crippen molar-refractivity contribution in [2.24, 2.45) is 5.92 Å². The molecule has 1 aromatic heterocycles. The third-order valence-electron chi connectivity index (χ3n) is 4.28. The van der Waals surface area contributed by atoms with Gasteiger partial charge in [-0.15, -0.1) is 0 Å². The summed E-state index contributed by atoms with van der Waals surface area (Å²) in [6, 6.07) is 1.85. The van der Waals surface area contributed by atoms with Crippen molar-refractivity contribution in [1.82, 2.24) is 10.3 Å². The van der Waals surface area contributed by atoms with Crippen LogP contribution < -0.4 is 5.32 Å². The number of ether oxygens (including phenoxy) is 1. The maximum atomic E-state index is 12.4. The molecule has 2 heterocycles. The third kappa shape index (κ3) is 3.37. The van der Waals surface area contributed by atoms with Crippen molar-refractivity contribution in [2.45, 2.75) is 46.1 Å². The van der Waals surface area contributed by atoms with Crippen LogP contribution in [-0.4, -0.2) is 29.6 Å². The van der Waals surface area contributed by atoms with E-state index in [-0.39, 0.29) is 11.4 Å². The lowest BCUT2D eigenvalue weighted by Crippen LogP contribution is -2.50. The maximum Gasteiger partial charge on any atom is 0.270 e. The molecule has 0 atom stereocenters. The van der Waals surface area contributed by atoms with E-state index in [1.54, 1.807) is 6.20 Å². The van der Waals surface area contributed by atoms with Gasteiger partial charge in [-0.3, -0.25) is 9.78 Å². The number of aryl methyl sites for hydroxylation is 2. The van der Waals surface area contributed by atoms with E-state index in [0.717, 1.165) is 37.2 Å². The standard InChI is InChI=1S/C16H24N2O2/c1-11-9-14(17-10-12(11)2)15(19)18-16(3,4)13-5-7-20-8-6-13/h9-10,13H,5-8H2,1-4H3,(H,18,19). The summed E-state index contributed by atoms with van der Waals surface area (Å²) in [5, 5.41) is 3.13. The Morgan fingerprint density at radius 1 is 1.30 bits per heavy atom. The maximum absolute atomic E-state index is 12.4. The highest BCUT2D eigenvalue weighted by atomic mass is 16.5. The van der Waals surface area contributed by atoms with Crippen molar-refractivity contribution >= 4 is 5.91 Å². The molecule has 4 heteroatoms. The van der Waals surface area contributed by atoms with E-state index in [9.17, 15) is 4.79 Å². The number of nitrogens with zero attached hydrogens (tertiary/aromatic N) is 1. The summed E-state index contributed by atoms with van der Waals surface area (Å²) < 4.78 is 5.39. The fourth-order valence-corrected chi connectivity index (χ4v) is 2.63. The van der Waals surface area contributed by atoms with Crippen LogP contribution in [0.3, 0.4) is 0 Å². The van der Waals surface area contributed by atoms with Crippen molar-refractivity contribution in [2.75, 3.05) is 13.2 Å². The number of hydrogen-bond acceptors (Lipinski definition) is 3. The van der Waals surface area contributed by atoms with Crippen LogP contribution in [0.25, 0.3) is 0 Å². The van der Waals surface area contributed by atoms with Crippen LogP contribution in [0.15, 0.2) is 12.3 Å². The van der Waals surface area contributed by atoms with Crippen molar-refractivity contribution in [3.8, 4) is 0 Å². The first-order valence-electron chi connectivity index (χ1n) is 7.23. The summed E-state index contributed by atoms with van der Waals surface area (Å²) in [5.41, 5.74) is 2.45. The van der Waals surface area contributed by atoms with Crippen LogP contribution in [-0.2, 0) is 4.74 Å². The van der Waals surface area contributed by atoms with Crippen molar-refractivity contribution in [3.05, 3.63) is 29.1 Å². The smallest absolute Gasteiger partial charge is 0.270 e. The Kier molecular flexibility index (Phi) is 4.43. The molecule has 1 saturated heterocycles. The summed E-state index contributed by atoms with van der Waals surface area (Å²) in [4.78, 5) is 16.6. The normalized spacial score (nSPS) is 17.0. The summed E-state index contributed by atoms with van der Waals surface area (Å²) in [6.45, 7) is 9.73. The molecular formula is C16H24N2O2. The van der Waals surface area contributed by atoms with E-state index in [1.165, 1.54) is 0 Å². The minimum atomic E-state index is -0.235. The first-order valence-corrected chi connectivity index (χ1v) is 7.23. The molecule has 1 aromatic rings. The number of nitrogens with one attached hydrogen (secondary N) is 1. The average molecular weight is 276 g/mol. The second kappa shape index (κ2) is 5.92. The van der Waals surface area contributed by atoms with Gasteiger partial charge in [0, 0.05) is 24.9 Å². The molecule has 20 heavy (non-hydrogen) atoms. The van der Waals surface area contributed by atoms with Gasteiger partial charge in [-0.1, -0.05) is 0 Å². The van der Waals surface area contributed by atoms with Gasteiger partial charge < -0.3 is 10.1 Å². The molecule has 0 bridgehead atoms. The molecule has 1 aliphatic heterocycles. The Labute approximate surface area is 120 Å². The predicted octanol–water partition coefficient (Wildman–Crippen LogP) is 2.63. The van der Waals surface area contributed by atoms with Crippen LogP contribution in [0.5, 0.6) is 0 Å². The Morgan fingerprint density at radius 3 is 2.55 bits per heavy atom. The molecule has 0 radical (unpaired) electrons. The minimum Gasteiger partial charge on any atom is -0.381 e. The summed E-state index contributed by atoms with van der Waals surface area (Å²) in [6.07, 6.45) is 3.74. The molecular weight excluding hydrogens is 252 g/mol. The van der Waals surface area contributed by atoms with Crippen LogP contribution >= 0.6 is 0 Å². The fraction of sp³-hybridized carbons (Fsp3) is 0.625. The third-order valence-corrected chi connectivity index (χ3v) is 4.28. The number of pyridine rings is 1. The largest absolute Gasteiger partial charge is 0.381 e. The van der Waals surface area contributed by atoms with Gasteiger partial charge in [0.05, 0.1) is 0 Å². The quantitative estimate of drug-likeness (QED) is 0.923. The number of rotatable bonds is 3. The molecule has 0 aromatic carbocycles. The molecule has 0 spiro atoms. The number of aromatic nitrogens is 1. The van der Waals surface area contributed by atoms with E-state index < -0.39 is 0 Å². The zero-order valence-electron chi connectivity index (χ0n) is 12.8. The van der Waals surface area contributed by atoms with Gasteiger partial charge in [0.1, 0.15) is 5.69 Å². The lowest BCUT2D eigenvalue weighted by molar-refractivity contribution is 0.0354.